The molecule has 0 N–H and O–H groups in total. The number of aromatic nitrogens is 1. The van der Waals surface area contributed by atoms with Crippen molar-refractivity contribution < 1.29 is 17.7 Å². The van der Waals surface area contributed by atoms with Gasteiger partial charge in [-0.05, 0) is 26.7 Å². The van der Waals surface area contributed by atoms with Crippen molar-refractivity contribution in [3.63, 3.8) is 0 Å². The van der Waals surface area contributed by atoms with Gasteiger partial charge < -0.3 is 9.26 Å². The van der Waals surface area contributed by atoms with Crippen LogP contribution in [0.5, 0.6) is 0 Å². The third-order valence-electron chi connectivity index (χ3n) is 5.32. The van der Waals surface area contributed by atoms with Crippen LogP contribution in [0.3, 0.4) is 0 Å². The van der Waals surface area contributed by atoms with Crippen molar-refractivity contribution in [2.75, 3.05) is 38.5 Å². The summed E-state index contributed by atoms with van der Waals surface area (Å²) < 4.78 is 38.1. The van der Waals surface area contributed by atoms with E-state index in [0.717, 1.165) is 49.5 Å². The van der Waals surface area contributed by atoms with Crippen molar-refractivity contribution >= 4 is 10.0 Å². The van der Waals surface area contributed by atoms with Gasteiger partial charge in [-0.3, -0.25) is 4.90 Å². The van der Waals surface area contributed by atoms with Gasteiger partial charge in [-0.25, -0.2) is 8.42 Å². The van der Waals surface area contributed by atoms with Gasteiger partial charge in [-0.2, -0.15) is 4.31 Å². The van der Waals surface area contributed by atoms with Crippen molar-refractivity contribution in [1.29, 1.82) is 0 Å². The van der Waals surface area contributed by atoms with Crippen LogP contribution < -0.4 is 0 Å². The SMILES string of the molecule is CCCCS(=O)(=O)N1CCOC2(CCN(Cc3c(C)noc3C)C2)C1. The molecule has 0 saturated carbocycles. The number of nitrogens with zero attached hydrogens (tertiary/aromatic N) is 3. The molecule has 8 heteroatoms. The first kappa shape index (κ1) is 18.8. The Balaban J connectivity index is 1.65. The summed E-state index contributed by atoms with van der Waals surface area (Å²) in [6.45, 7) is 9.73. The lowest BCUT2D eigenvalue weighted by molar-refractivity contribution is -0.0812. The highest BCUT2D eigenvalue weighted by Gasteiger charge is 2.45. The molecule has 1 atom stereocenters. The van der Waals surface area contributed by atoms with Crippen LogP contribution in [0.2, 0.25) is 0 Å². The highest BCUT2D eigenvalue weighted by molar-refractivity contribution is 7.89. The Hall–Kier alpha value is -0.960. The molecule has 142 valence electrons. The Morgan fingerprint density at radius 1 is 1.24 bits per heavy atom. The molecule has 0 aliphatic carbocycles. The molecule has 2 saturated heterocycles. The van der Waals surface area contributed by atoms with Crippen molar-refractivity contribution in [3.05, 3.63) is 17.0 Å². The van der Waals surface area contributed by atoms with E-state index in [4.69, 9.17) is 9.26 Å². The summed E-state index contributed by atoms with van der Waals surface area (Å²) in [5.41, 5.74) is 1.67. The maximum Gasteiger partial charge on any atom is 0.214 e. The number of sulfonamides is 1. The molecule has 0 amide bonds. The molecular weight excluding hydrogens is 342 g/mol. The first-order valence-electron chi connectivity index (χ1n) is 9.11. The average molecular weight is 372 g/mol. The van der Waals surface area contributed by atoms with Gasteiger partial charge in [0.05, 0.1) is 23.7 Å². The van der Waals surface area contributed by atoms with Crippen LogP contribution in [0.15, 0.2) is 4.52 Å². The van der Waals surface area contributed by atoms with E-state index in [1.807, 2.05) is 20.8 Å². The second-order valence-electron chi connectivity index (χ2n) is 7.30. The van der Waals surface area contributed by atoms with E-state index < -0.39 is 10.0 Å². The van der Waals surface area contributed by atoms with Gasteiger partial charge in [0, 0.05) is 38.3 Å². The molecule has 2 aliphatic heterocycles. The zero-order valence-corrected chi connectivity index (χ0v) is 16.3. The minimum atomic E-state index is -3.18. The smallest absolute Gasteiger partial charge is 0.214 e. The first-order chi connectivity index (χ1) is 11.9. The average Bonchev–Trinajstić information content (AvgIpc) is 3.11. The van der Waals surface area contributed by atoms with Crippen LogP contribution in [-0.2, 0) is 21.3 Å². The Morgan fingerprint density at radius 3 is 2.72 bits per heavy atom. The molecule has 2 fully saturated rings. The van der Waals surface area contributed by atoms with Gasteiger partial charge >= 0.3 is 0 Å². The molecular formula is C17H29N3O4S. The number of aryl methyl sites for hydroxylation is 2. The molecule has 2 aliphatic rings. The summed E-state index contributed by atoms with van der Waals surface area (Å²) in [7, 11) is -3.18. The van der Waals surface area contributed by atoms with Crippen LogP contribution >= 0.6 is 0 Å². The number of morpholine rings is 1. The molecule has 0 bridgehead atoms. The number of likely N-dealkylation sites (tertiary alicyclic amines) is 1. The lowest BCUT2D eigenvalue weighted by Gasteiger charge is -2.39. The van der Waals surface area contributed by atoms with Gasteiger partial charge in [0.15, 0.2) is 0 Å². The van der Waals surface area contributed by atoms with Crippen molar-refractivity contribution in [2.24, 2.45) is 0 Å². The second kappa shape index (κ2) is 7.34. The maximum absolute atomic E-state index is 12.5. The Kier molecular flexibility index (Phi) is 5.53. The number of hydrogen-bond acceptors (Lipinski definition) is 6. The Morgan fingerprint density at radius 2 is 2.04 bits per heavy atom. The van der Waals surface area contributed by atoms with Gasteiger partial charge in [0.25, 0.3) is 0 Å². The molecule has 1 spiro atoms. The van der Waals surface area contributed by atoms with Gasteiger partial charge in [0.1, 0.15) is 5.76 Å². The van der Waals surface area contributed by atoms with Crippen molar-refractivity contribution in [2.45, 2.75) is 52.2 Å². The van der Waals surface area contributed by atoms with Crippen molar-refractivity contribution in [1.82, 2.24) is 14.4 Å². The minimum Gasteiger partial charge on any atom is -0.371 e. The highest BCUT2D eigenvalue weighted by Crippen LogP contribution is 2.32. The molecule has 7 nitrogen and oxygen atoms in total. The van der Waals surface area contributed by atoms with Crippen LogP contribution in [0.4, 0.5) is 0 Å². The molecule has 1 aromatic rings. The fourth-order valence-electron chi connectivity index (χ4n) is 3.76. The van der Waals surface area contributed by atoms with E-state index in [-0.39, 0.29) is 11.4 Å². The zero-order valence-electron chi connectivity index (χ0n) is 15.5. The van der Waals surface area contributed by atoms with E-state index in [0.29, 0.717) is 26.1 Å². The van der Waals surface area contributed by atoms with E-state index >= 15 is 0 Å². The summed E-state index contributed by atoms with van der Waals surface area (Å²) in [6.07, 6.45) is 2.46. The molecule has 25 heavy (non-hydrogen) atoms. The summed E-state index contributed by atoms with van der Waals surface area (Å²) >= 11 is 0. The molecule has 0 radical (unpaired) electrons. The Bertz CT molecular complexity index is 683. The largest absolute Gasteiger partial charge is 0.371 e. The van der Waals surface area contributed by atoms with E-state index in [9.17, 15) is 8.42 Å². The van der Waals surface area contributed by atoms with Crippen LogP contribution in [0.1, 0.15) is 43.2 Å². The predicted octanol–water partition coefficient (Wildman–Crippen LogP) is 1.70. The monoisotopic (exact) mass is 371 g/mol. The normalized spacial score (nSPS) is 25.9. The summed E-state index contributed by atoms with van der Waals surface area (Å²) in [5.74, 6) is 1.09. The quantitative estimate of drug-likeness (QED) is 0.758. The molecule has 1 aromatic heterocycles. The topological polar surface area (TPSA) is 75.9 Å². The standard InChI is InChI=1S/C17H29N3O4S/c1-4-5-10-25(21,22)20-8-9-23-17(13-20)6-7-19(12-17)11-16-14(2)18-24-15(16)3/h4-13H2,1-3H3. The molecule has 3 rings (SSSR count). The minimum absolute atomic E-state index is 0.238. The first-order valence-corrected chi connectivity index (χ1v) is 10.7. The van der Waals surface area contributed by atoms with E-state index in [1.54, 1.807) is 4.31 Å². The fraction of sp³-hybridized carbons (Fsp3) is 0.824. The van der Waals surface area contributed by atoms with E-state index in [1.165, 1.54) is 0 Å². The number of unbranched alkanes of at least 4 members (excludes halogenated alkanes) is 1. The molecule has 0 aromatic carbocycles. The lowest BCUT2D eigenvalue weighted by Crippen LogP contribution is -2.55. The summed E-state index contributed by atoms with van der Waals surface area (Å²) in [6, 6.07) is 0. The molecule has 3 heterocycles. The van der Waals surface area contributed by atoms with Crippen LogP contribution in [0.25, 0.3) is 0 Å². The maximum atomic E-state index is 12.5. The van der Waals surface area contributed by atoms with E-state index in [2.05, 4.69) is 10.1 Å². The number of hydrogen-bond donors (Lipinski definition) is 0. The Labute approximate surface area is 150 Å². The second-order valence-corrected chi connectivity index (χ2v) is 9.39. The highest BCUT2D eigenvalue weighted by atomic mass is 32.2. The third kappa shape index (κ3) is 4.07. The predicted molar refractivity (Wildman–Crippen MR) is 94.8 cm³/mol. The number of ether oxygens (including phenoxy) is 1. The number of rotatable bonds is 6. The third-order valence-corrected chi connectivity index (χ3v) is 7.22. The van der Waals surface area contributed by atoms with Crippen LogP contribution in [0, 0.1) is 13.8 Å². The molecule has 1 unspecified atom stereocenters. The van der Waals surface area contributed by atoms with Gasteiger partial charge in [0.2, 0.25) is 10.0 Å². The zero-order chi connectivity index (χ0) is 18.1. The fourth-order valence-corrected chi connectivity index (χ4v) is 5.46. The van der Waals surface area contributed by atoms with Crippen molar-refractivity contribution in [3.8, 4) is 0 Å². The van der Waals surface area contributed by atoms with Gasteiger partial charge in [-0.1, -0.05) is 18.5 Å². The lowest BCUT2D eigenvalue weighted by atomic mass is 10.0. The summed E-state index contributed by atoms with van der Waals surface area (Å²) in [4.78, 5) is 2.31. The van der Waals surface area contributed by atoms with Gasteiger partial charge in [-0.15, -0.1) is 0 Å². The summed E-state index contributed by atoms with van der Waals surface area (Å²) in [5, 5.41) is 4.01. The van der Waals surface area contributed by atoms with Crippen LogP contribution in [-0.4, -0.2) is 66.9 Å².